The highest BCUT2D eigenvalue weighted by Crippen LogP contribution is 2.32. The Morgan fingerprint density at radius 3 is 2.75 bits per heavy atom. The Balaban J connectivity index is 1.69. The Kier molecular flexibility index (Phi) is 2.66. The van der Waals surface area contributed by atoms with E-state index in [9.17, 15) is 0 Å². The molecule has 2 nitrogen and oxygen atoms in total. The highest BCUT2D eigenvalue weighted by molar-refractivity contribution is 4.86. The predicted octanol–water partition coefficient (Wildman–Crippen LogP) is 1.55. The Labute approximate surface area is 74.7 Å². The maximum absolute atomic E-state index is 5.42. The monoisotopic (exact) mass is 169 g/mol. The molecule has 0 aromatic heterocycles. The minimum Gasteiger partial charge on any atom is -0.380 e. The summed E-state index contributed by atoms with van der Waals surface area (Å²) in [6, 6.07) is 1.35. The fourth-order valence-corrected chi connectivity index (χ4v) is 1.98. The van der Waals surface area contributed by atoms with Gasteiger partial charge in [-0.05, 0) is 38.5 Å². The molecule has 2 aliphatic rings. The molecule has 0 aromatic rings. The van der Waals surface area contributed by atoms with Crippen LogP contribution in [0.2, 0.25) is 0 Å². The van der Waals surface area contributed by atoms with Crippen LogP contribution < -0.4 is 5.32 Å². The second kappa shape index (κ2) is 3.75. The van der Waals surface area contributed by atoms with Crippen molar-refractivity contribution in [3.63, 3.8) is 0 Å². The summed E-state index contributed by atoms with van der Waals surface area (Å²) in [4.78, 5) is 0. The molecule has 2 atom stereocenters. The number of hydrogen-bond donors (Lipinski definition) is 1. The molecule has 1 aliphatic heterocycles. The summed E-state index contributed by atoms with van der Waals surface area (Å²) in [7, 11) is 0. The Morgan fingerprint density at radius 2 is 2.17 bits per heavy atom. The van der Waals surface area contributed by atoms with Crippen molar-refractivity contribution in [3.05, 3.63) is 0 Å². The van der Waals surface area contributed by atoms with Crippen LogP contribution in [0.1, 0.15) is 32.6 Å². The molecule has 0 spiro atoms. The fraction of sp³-hybridized carbons (Fsp3) is 1.00. The number of rotatable bonds is 3. The summed E-state index contributed by atoms with van der Waals surface area (Å²) in [5, 5.41) is 3.66. The van der Waals surface area contributed by atoms with E-state index in [1.807, 2.05) is 0 Å². The van der Waals surface area contributed by atoms with Crippen molar-refractivity contribution in [3.8, 4) is 0 Å². The van der Waals surface area contributed by atoms with E-state index < -0.39 is 0 Å². The summed E-state index contributed by atoms with van der Waals surface area (Å²) in [5.74, 6) is 0.965. The van der Waals surface area contributed by atoms with Crippen molar-refractivity contribution in [1.29, 1.82) is 0 Å². The zero-order chi connectivity index (χ0) is 8.39. The topological polar surface area (TPSA) is 21.3 Å². The Hall–Kier alpha value is -0.0800. The standard InChI is InChI=1S/C10H19NO/c1-8(9-4-5-9)11-10-3-2-6-12-7-10/h8-11H,2-7H2,1H3. The highest BCUT2D eigenvalue weighted by atomic mass is 16.5. The van der Waals surface area contributed by atoms with Crippen LogP contribution >= 0.6 is 0 Å². The van der Waals surface area contributed by atoms with E-state index in [1.165, 1.54) is 25.7 Å². The smallest absolute Gasteiger partial charge is 0.0619 e. The van der Waals surface area contributed by atoms with Gasteiger partial charge in [0.1, 0.15) is 0 Å². The van der Waals surface area contributed by atoms with Gasteiger partial charge < -0.3 is 10.1 Å². The van der Waals surface area contributed by atoms with Gasteiger partial charge in [0.25, 0.3) is 0 Å². The van der Waals surface area contributed by atoms with E-state index in [2.05, 4.69) is 12.2 Å². The fourth-order valence-electron chi connectivity index (χ4n) is 1.98. The molecular weight excluding hydrogens is 150 g/mol. The van der Waals surface area contributed by atoms with Crippen LogP contribution in [0.25, 0.3) is 0 Å². The quantitative estimate of drug-likeness (QED) is 0.692. The molecule has 1 saturated heterocycles. The zero-order valence-electron chi connectivity index (χ0n) is 7.88. The van der Waals surface area contributed by atoms with E-state index in [0.29, 0.717) is 6.04 Å². The SMILES string of the molecule is CC(NC1CCCOC1)C1CC1. The van der Waals surface area contributed by atoms with Gasteiger partial charge >= 0.3 is 0 Å². The predicted molar refractivity (Wildman–Crippen MR) is 49.2 cm³/mol. The molecule has 1 aliphatic carbocycles. The third kappa shape index (κ3) is 2.20. The van der Waals surface area contributed by atoms with Crippen LogP contribution in [-0.4, -0.2) is 25.3 Å². The van der Waals surface area contributed by atoms with E-state index in [0.717, 1.165) is 25.2 Å². The largest absolute Gasteiger partial charge is 0.380 e. The minimum absolute atomic E-state index is 0.634. The second-order valence-electron chi connectivity index (χ2n) is 4.21. The summed E-state index contributed by atoms with van der Waals surface area (Å²) in [5.41, 5.74) is 0. The summed E-state index contributed by atoms with van der Waals surface area (Å²) < 4.78 is 5.42. The normalized spacial score (nSPS) is 33.2. The molecule has 12 heavy (non-hydrogen) atoms. The Morgan fingerprint density at radius 1 is 1.33 bits per heavy atom. The molecule has 0 amide bonds. The van der Waals surface area contributed by atoms with Gasteiger partial charge in [-0.2, -0.15) is 0 Å². The van der Waals surface area contributed by atoms with Crippen molar-refractivity contribution >= 4 is 0 Å². The summed E-state index contributed by atoms with van der Waals surface area (Å²) in [6.45, 7) is 4.21. The second-order valence-corrected chi connectivity index (χ2v) is 4.21. The van der Waals surface area contributed by atoms with Crippen molar-refractivity contribution in [2.75, 3.05) is 13.2 Å². The van der Waals surface area contributed by atoms with Crippen molar-refractivity contribution in [2.45, 2.75) is 44.7 Å². The van der Waals surface area contributed by atoms with Crippen molar-refractivity contribution in [1.82, 2.24) is 5.32 Å². The zero-order valence-corrected chi connectivity index (χ0v) is 7.88. The molecule has 70 valence electrons. The van der Waals surface area contributed by atoms with Crippen LogP contribution in [0.5, 0.6) is 0 Å². The first-order chi connectivity index (χ1) is 5.86. The molecule has 1 saturated carbocycles. The first-order valence-electron chi connectivity index (χ1n) is 5.20. The average molecular weight is 169 g/mol. The number of hydrogen-bond acceptors (Lipinski definition) is 2. The number of nitrogens with one attached hydrogen (secondary N) is 1. The maximum Gasteiger partial charge on any atom is 0.0619 e. The number of ether oxygens (including phenoxy) is 1. The molecule has 2 heteroatoms. The lowest BCUT2D eigenvalue weighted by Crippen LogP contribution is -2.42. The third-order valence-corrected chi connectivity index (χ3v) is 2.99. The molecule has 1 N–H and O–H groups in total. The molecule has 2 fully saturated rings. The molecule has 2 rings (SSSR count). The van der Waals surface area contributed by atoms with Crippen LogP contribution in [0.3, 0.4) is 0 Å². The van der Waals surface area contributed by atoms with E-state index in [-0.39, 0.29) is 0 Å². The van der Waals surface area contributed by atoms with Crippen LogP contribution in [0.4, 0.5) is 0 Å². The van der Waals surface area contributed by atoms with Gasteiger partial charge in [0.05, 0.1) is 6.61 Å². The van der Waals surface area contributed by atoms with Gasteiger partial charge in [-0.3, -0.25) is 0 Å². The van der Waals surface area contributed by atoms with Gasteiger partial charge in [-0.1, -0.05) is 0 Å². The summed E-state index contributed by atoms with van der Waals surface area (Å²) in [6.07, 6.45) is 5.40. The van der Waals surface area contributed by atoms with Crippen molar-refractivity contribution in [2.24, 2.45) is 5.92 Å². The molecule has 0 aromatic carbocycles. The van der Waals surface area contributed by atoms with Gasteiger partial charge in [-0.15, -0.1) is 0 Å². The first-order valence-corrected chi connectivity index (χ1v) is 5.20. The molecule has 0 bridgehead atoms. The molecular formula is C10H19NO. The van der Waals surface area contributed by atoms with E-state index in [1.54, 1.807) is 0 Å². The maximum atomic E-state index is 5.42. The van der Waals surface area contributed by atoms with Gasteiger partial charge in [-0.25, -0.2) is 0 Å². The van der Waals surface area contributed by atoms with Gasteiger partial charge in [0, 0.05) is 18.7 Å². The molecule has 0 radical (unpaired) electrons. The highest BCUT2D eigenvalue weighted by Gasteiger charge is 2.29. The van der Waals surface area contributed by atoms with E-state index in [4.69, 9.17) is 4.74 Å². The lowest BCUT2D eigenvalue weighted by atomic mass is 10.1. The summed E-state index contributed by atoms with van der Waals surface area (Å²) >= 11 is 0. The van der Waals surface area contributed by atoms with Gasteiger partial charge in [0.15, 0.2) is 0 Å². The average Bonchev–Trinajstić information content (AvgIpc) is 2.88. The van der Waals surface area contributed by atoms with Crippen LogP contribution in [0, 0.1) is 5.92 Å². The lowest BCUT2D eigenvalue weighted by molar-refractivity contribution is 0.0661. The Bertz CT molecular complexity index is 139. The molecule has 2 unspecified atom stereocenters. The van der Waals surface area contributed by atoms with Crippen LogP contribution in [-0.2, 0) is 4.74 Å². The minimum atomic E-state index is 0.634. The lowest BCUT2D eigenvalue weighted by Gasteiger charge is -2.26. The van der Waals surface area contributed by atoms with Gasteiger partial charge in [0.2, 0.25) is 0 Å². The molecule has 1 heterocycles. The third-order valence-electron chi connectivity index (χ3n) is 2.99. The van der Waals surface area contributed by atoms with Crippen LogP contribution in [0.15, 0.2) is 0 Å². The van der Waals surface area contributed by atoms with E-state index >= 15 is 0 Å². The first kappa shape index (κ1) is 8.52. The van der Waals surface area contributed by atoms with Crippen molar-refractivity contribution < 1.29 is 4.74 Å².